The van der Waals surface area contributed by atoms with Gasteiger partial charge >= 0.3 is 12.6 Å². The summed E-state index contributed by atoms with van der Waals surface area (Å²) < 4.78 is 37.8. The highest BCUT2D eigenvalue weighted by atomic mass is 32.1. The number of hydrogen-bond donors (Lipinski definition) is 0. The molecule has 0 unspecified atom stereocenters. The average Bonchev–Trinajstić information content (AvgIpc) is 3.19. The molecule has 3 aromatic rings. The van der Waals surface area contributed by atoms with Gasteiger partial charge in [-0.05, 0) is 42.5 Å². The molecule has 38 heavy (non-hydrogen) atoms. The van der Waals surface area contributed by atoms with Gasteiger partial charge in [-0.3, -0.25) is 9.36 Å². The van der Waals surface area contributed by atoms with Crippen LogP contribution in [0.4, 0.5) is 8.78 Å². The summed E-state index contributed by atoms with van der Waals surface area (Å²) in [5.41, 5.74) is 2.78. The molecule has 0 spiro atoms. The number of carbonyl (C=O) groups is 1. The highest BCUT2D eigenvalue weighted by molar-refractivity contribution is 7.07. The molecule has 0 saturated heterocycles. The Kier molecular flexibility index (Phi) is 8.56. The van der Waals surface area contributed by atoms with E-state index in [9.17, 15) is 18.4 Å². The number of thiazole rings is 1. The van der Waals surface area contributed by atoms with Crippen LogP contribution in [-0.4, -0.2) is 23.8 Å². The maximum Gasteiger partial charge on any atom is 0.387 e. The van der Waals surface area contributed by atoms with E-state index in [-0.39, 0.29) is 17.9 Å². The molecule has 0 saturated carbocycles. The monoisotopic (exact) mass is 540 g/mol. The van der Waals surface area contributed by atoms with E-state index in [0.717, 1.165) is 28.9 Å². The van der Waals surface area contributed by atoms with E-state index in [0.29, 0.717) is 38.5 Å². The predicted molar refractivity (Wildman–Crippen MR) is 143 cm³/mol. The van der Waals surface area contributed by atoms with Crippen LogP contribution in [0, 0.1) is 0 Å². The summed E-state index contributed by atoms with van der Waals surface area (Å²) in [7, 11) is 0. The second kappa shape index (κ2) is 11.9. The lowest BCUT2D eigenvalue weighted by molar-refractivity contribution is -0.139. The van der Waals surface area contributed by atoms with E-state index in [4.69, 9.17) is 9.73 Å². The third-order valence-corrected chi connectivity index (χ3v) is 7.22. The fourth-order valence-corrected chi connectivity index (χ4v) is 5.45. The molecule has 1 atom stereocenters. The highest BCUT2D eigenvalue weighted by Gasteiger charge is 2.34. The number of hydrogen-bond acceptors (Lipinski definition) is 6. The van der Waals surface area contributed by atoms with Crippen molar-refractivity contribution in [3.8, 4) is 5.75 Å². The average molecular weight is 541 g/mol. The van der Waals surface area contributed by atoms with Gasteiger partial charge in [0.2, 0.25) is 0 Å². The number of alkyl halides is 2. The fourth-order valence-electron chi connectivity index (χ4n) is 4.44. The van der Waals surface area contributed by atoms with Crippen molar-refractivity contribution in [2.45, 2.75) is 59.1 Å². The van der Waals surface area contributed by atoms with Crippen molar-refractivity contribution < 1.29 is 23.0 Å². The van der Waals surface area contributed by atoms with E-state index >= 15 is 0 Å². The first-order valence-corrected chi connectivity index (χ1v) is 13.4. The molecular weight excluding hydrogens is 510 g/mol. The number of allylic oxidation sites excluding steroid dienone is 1. The predicted octanol–water partition coefficient (Wildman–Crippen LogP) is 5.30. The number of ether oxygens (including phenoxy) is 2. The lowest BCUT2D eigenvalue weighted by atomic mass is 9.92. The maximum absolute atomic E-state index is 13.8. The van der Waals surface area contributed by atoms with Crippen LogP contribution in [0.2, 0.25) is 0 Å². The molecule has 0 amide bonds. The first-order valence-electron chi connectivity index (χ1n) is 12.6. The zero-order valence-electron chi connectivity index (χ0n) is 21.7. The molecule has 2 aromatic carbocycles. The summed E-state index contributed by atoms with van der Waals surface area (Å²) >= 11 is 1.15. The van der Waals surface area contributed by atoms with Crippen LogP contribution in [0.25, 0.3) is 6.08 Å². The number of esters is 1. The van der Waals surface area contributed by atoms with Gasteiger partial charge in [0.25, 0.3) is 5.56 Å². The number of nitrogens with zero attached hydrogens (tertiary/aromatic N) is 2. The van der Waals surface area contributed by atoms with Gasteiger partial charge in [0, 0.05) is 5.56 Å². The van der Waals surface area contributed by atoms with Crippen LogP contribution in [0.3, 0.4) is 0 Å². The molecule has 9 heteroatoms. The molecule has 0 fully saturated rings. The zero-order valence-corrected chi connectivity index (χ0v) is 22.6. The molecule has 0 N–H and O–H groups in total. The summed E-state index contributed by atoms with van der Waals surface area (Å²) in [6.07, 6.45) is 2.80. The number of carbonyl (C=O) groups excluding carboxylic acids is 1. The zero-order chi connectivity index (χ0) is 27.4. The lowest BCUT2D eigenvalue weighted by Gasteiger charge is -2.26. The normalized spacial score (nSPS) is 15.6. The number of halogens is 2. The topological polar surface area (TPSA) is 69.9 Å². The van der Waals surface area contributed by atoms with Crippen molar-refractivity contribution in [2.24, 2.45) is 4.99 Å². The molecule has 1 aliphatic rings. The van der Waals surface area contributed by atoms with Gasteiger partial charge in [0.05, 0.1) is 28.5 Å². The first kappa shape index (κ1) is 27.4. The summed E-state index contributed by atoms with van der Waals surface area (Å²) in [4.78, 5) is 32.2. The molecule has 6 nitrogen and oxygen atoms in total. The summed E-state index contributed by atoms with van der Waals surface area (Å²) in [5.74, 6) is -0.229. The Morgan fingerprint density at radius 2 is 1.84 bits per heavy atom. The van der Waals surface area contributed by atoms with E-state index in [1.54, 1.807) is 25.1 Å². The Hall–Kier alpha value is -3.59. The van der Waals surface area contributed by atoms with E-state index < -0.39 is 18.6 Å². The standard InChI is InChI=1S/C29H30F2N2O4S/c1-5-9-21-24(27(35)36-6-2)25(19-14-12-18(13-15-19)17(3)4)33-26(34)23(38-29(33)32-21)16-20-10-7-8-11-22(20)37-28(30)31/h7-8,10-17,25,28H,5-6,9H2,1-4H3/b23-16+/t25-/m0/s1. The van der Waals surface area contributed by atoms with E-state index in [2.05, 4.69) is 18.6 Å². The smallest absolute Gasteiger partial charge is 0.387 e. The van der Waals surface area contributed by atoms with Crippen molar-refractivity contribution in [3.05, 3.63) is 96.2 Å². The van der Waals surface area contributed by atoms with Crippen molar-refractivity contribution in [1.29, 1.82) is 0 Å². The van der Waals surface area contributed by atoms with Gasteiger partial charge in [-0.1, -0.05) is 81.0 Å². The number of benzene rings is 2. The second-order valence-electron chi connectivity index (χ2n) is 9.15. The van der Waals surface area contributed by atoms with Crippen LogP contribution in [0.5, 0.6) is 5.75 Å². The molecule has 1 aromatic heterocycles. The summed E-state index contributed by atoms with van der Waals surface area (Å²) in [6.45, 7) is 5.11. The van der Waals surface area contributed by atoms with Crippen LogP contribution >= 0.6 is 11.3 Å². The molecule has 1 aliphatic heterocycles. The Morgan fingerprint density at radius 3 is 2.47 bits per heavy atom. The first-order chi connectivity index (χ1) is 18.2. The van der Waals surface area contributed by atoms with Crippen LogP contribution in [0.15, 0.2) is 69.6 Å². The number of fused-ring (bicyclic) bond motifs is 1. The Morgan fingerprint density at radius 1 is 1.13 bits per heavy atom. The largest absolute Gasteiger partial charge is 0.463 e. The molecule has 0 bridgehead atoms. The molecule has 4 rings (SSSR count). The molecular formula is C29H30F2N2O4S. The summed E-state index contributed by atoms with van der Waals surface area (Å²) in [6, 6.07) is 13.4. The van der Waals surface area contributed by atoms with Gasteiger partial charge in [-0.2, -0.15) is 8.78 Å². The number of aromatic nitrogens is 1. The fraction of sp³-hybridized carbons (Fsp3) is 0.345. The molecule has 2 heterocycles. The molecule has 0 aliphatic carbocycles. The number of para-hydroxylation sites is 1. The minimum Gasteiger partial charge on any atom is -0.463 e. The quantitative estimate of drug-likeness (QED) is 0.345. The summed E-state index contributed by atoms with van der Waals surface area (Å²) in [5, 5.41) is 0. The van der Waals surface area contributed by atoms with Crippen molar-refractivity contribution in [1.82, 2.24) is 4.57 Å². The van der Waals surface area contributed by atoms with Gasteiger partial charge in [-0.25, -0.2) is 9.79 Å². The lowest BCUT2D eigenvalue weighted by Crippen LogP contribution is -2.40. The van der Waals surface area contributed by atoms with Gasteiger partial charge in [0.15, 0.2) is 4.80 Å². The minimum absolute atomic E-state index is 0.0342. The highest BCUT2D eigenvalue weighted by Crippen LogP contribution is 2.33. The Bertz CT molecular complexity index is 1520. The van der Waals surface area contributed by atoms with Gasteiger partial charge in [0.1, 0.15) is 5.75 Å². The van der Waals surface area contributed by atoms with E-state index in [1.165, 1.54) is 16.7 Å². The SMILES string of the molecule is CCCC1=C(C(=O)OCC)[C@H](c2ccc(C(C)C)cc2)n2c(s/c(=C/c3ccccc3OC(F)F)c2=O)=N1. The third kappa shape index (κ3) is 5.62. The Balaban J connectivity index is 1.96. The van der Waals surface area contributed by atoms with Gasteiger partial charge < -0.3 is 9.47 Å². The van der Waals surface area contributed by atoms with Crippen molar-refractivity contribution >= 4 is 23.4 Å². The Labute approximate surface area is 223 Å². The van der Waals surface area contributed by atoms with Crippen LogP contribution in [-0.2, 0) is 9.53 Å². The maximum atomic E-state index is 13.8. The van der Waals surface area contributed by atoms with Crippen molar-refractivity contribution in [2.75, 3.05) is 6.61 Å². The number of rotatable bonds is 9. The second-order valence-corrected chi connectivity index (χ2v) is 10.2. The van der Waals surface area contributed by atoms with Crippen LogP contribution < -0.4 is 19.6 Å². The van der Waals surface area contributed by atoms with Crippen LogP contribution in [0.1, 0.15) is 69.2 Å². The van der Waals surface area contributed by atoms with Crippen molar-refractivity contribution in [3.63, 3.8) is 0 Å². The minimum atomic E-state index is -3.00. The molecule has 200 valence electrons. The van der Waals surface area contributed by atoms with E-state index in [1.807, 2.05) is 31.2 Å². The third-order valence-electron chi connectivity index (χ3n) is 6.23. The molecule has 0 radical (unpaired) electrons. The van der Waals surface area contributed by atoms with Gasteiger partial charge in [-0.15, -0.1) is 0 Å².